The second-order valence-electron chi connectivity index (χ2n) is 2.36. The molecule has 0 atom stereocenters. The molecule has 0 radical (unpaired) electrons. The fourth-order valence-electron chi connectivity index (χ4n) is 0.742. The maximum atomic E-state index is 10.4. The fourth-order valence-corrected chi connectivity index (χ4v) is 0.742. The number of rotatable bonds is 3. The summed E-state index contributed by atoms with van der Waals surface area (Å²) in [5.74, 6) is 0.0731. The minimum absolute atomic E-state index is 0.0406. The van der Waals surface area contributed by atoms with Crippen LogP contribution >= 0.6 is 0 Å². The highest BCUT2D eigenvalue weighted by atomic mass is 16.1. The first-order valence-electron chi connectivity index (χ1n) is 3.60. The molecule has 1 amide bonds. The summed E-state index contributed by atoms with van der Waals surface area (Å²) in [6.45, 7) is 0.0406. The van der Waals surface area contributed by atoms with Crippen LogP contribution in [0.1, 0.15) is 5.56 Å². The summed E-state index contributed by atoms with van der Waals surface area (Å²) in [5, 5.41) is 11.2. The first-order chi connectivity index (χ1) is 6.22. The number of primary amides is 1. The van der Waals surface area contributed by atoms with Gasteiger partial charge < -0.3 is 11.1 Å². The minimum atomic E-state index is -0.453. The molecular formula is C8H8N4O. The van der Waals surface area contributed by atoms with Gasteiger partial charge >= 0.3 is 0 Å². The average Bonchev–Trinajstić information content (AvgIpc) is 2.15. The third-order valence-corrected chi connectivity index (χ3v) is 1.34. The van der Waals surface area contributed by atoms with E-state index in [0.29, 0.717) is 11.4 Å². The molecule has 0 spiro atoms. The van der Waals surface area contributed by atoms with Gasteiger partial charge in [-0.2, -0.15) is 5.26 Å². The Hall–Kier alpha value is -2.09. The molecule has 1 rings (SSSR count). The molecule has 0 saturated heterocycles. The van der Waals surface area contributed by atoms with Gasteiger partial charge in [0.25, 0.3) is 0 Å². The Morgan fingerprint density at radius 3 is 2.92 bits per heavy atom. The molecule has 0 saturated carbocycles. The van der Waals surface area contributed by atoms with Crippen LogP contribution in [0.15, 0.2) is 18.3 Å². The van der Waals surface area contributed by atoms with Crippen molar-refractivity contribution in [1.82, 2.24) is 4.98 Å². The summed E-state index contributed by atoms with van der Waals surface area (Å²) >= 11 is 0. The van der Waals surface area contributed by atoms with Crippen molar-refractivity contribution in [2.75, 3.05) is 11.9 Å². The number of carbonyl (C=O) groups excluding carboxylic acids is 1. The Morgan fingerprint density at radius 2 is 2.46 bits per heavy atom. The molecular weight excluding hydrogens is 168 g/mol. The Balaban J connectivity index is 2.60. The van der Waals surface area contributed by atoms with Crippen molar-refractivity contribution < 1.29 is 4.79 Å². The van der Waals surface area contributed by atoms with Gasteiger partial charge in [-0.25, -0.2) is 4.98 Å². The second-order valence-corrected chi connectivity index (χ2v) is 2.36. The predicted octanol–water partition coefficient (Wildman–Crippen LogP) is -0.150. The molecule has 5 nitrogen and oxygen atoms in total. The zero-order valence-corrected chi connectivity index (χ0v) is 6.82. The first kappa shape index (κ1) is 9.00. The molecule has 1 aromatic rings. The number of nitrogens with two attached hydrogens (primary N) is 1. The van der Waals surface area contributed by atoms with Crippen LogP contribution in [-0.2, 0) is 4.79 Å². The van der Waals surface area contributed by atoms with E-state index in [-0.39, 0.29) is 6.54 Å². The van der Waals surface area contributed by atoms with E-state index >= 15 is 0 Å². The highest BCUT2D eigenvalue weighted by molar-refractivity contribution is 5.78. The molecule has 5 heteroatoms. The Bertz CT molecular complexity index is 338. The van der Waals surface area contributed by atoms with Gasteiger partial charge in [-0.15, -0.1) is 0 Å². The summed E-state index contributed by atoms with van der Waals surface area (Å²) < 4.78 is 0. The maximum Gasteiger partial charge on any atom is 0.236 e. The molecule has 0 fully saturated rings. The number of amides is 1. The topological polar surface area (TPSA) is 91.8 Å². The smallest absolute Gasteiger partial charge is 0.236 e. The predicted molar refractivity (Wildman–Crippen MR) is 46.6 cm³/mol. The van der Waals surface area contributed by atoms with Gasteiger partial charge in [-0.1, -0.05) is 0 Å². The molecule has 0 aliphatic heterocycles. The number of hydrogen-bond acceptors (Lipinski definition) is 4. The first-order valence-corrected chi connectivity index (χ1v) is 3.60. The highest BCUT2D eigenvalue weighted by Crippen LogP contribution is 2.02. The lowest BCUT2D eigenvalue weighted by molar-refractivity contribution is -0.116. The van der Waals surface area contributed by atoms with E-state index in [1.807, 2.05) is 6.07 Å². The van der Waals surface area contributed by atoms with E-state index < -0.39 is 5.91 Å². The lowest BCUT2D eigenvalue weighted by atomic mass is 10.3. The van der Waals surface area contributed by atoms with Gasteiger partial charge in [0, 0.05) is 6.20 Å². The standard InChI is InChI=1S/C8H8N4O/c9-3-6-1-2-8(11-4-6)12-5-7(10)13/h1-2,4H,5H2,(H2,10,13)(H,11,12). The average molecular weight is 176 g/mol. The van der Waals surface area contributed by atoms with Crippen molar-refractivity contribution in [3.63, 3.8) is 0 Å². The Morgan fingerprint density at radius 1 is 1.69 bits per heavy atom. The molecule has 0 aliphatic carbocycles. The van der Waals surface area contributed by atoms with Crippen LogP contribution < -0.4 is 11.1 Å². The van der Waals surface area contributed by atoms with Crippen molar-refractivity contribution in [3.05, 3.63) is 23.9 Å². The van der Waals surface area contributed by atoms with Crippen molar-refractivity contribution in [3.8, 4) is 6.07 Å². The zero-order valence-electron chi connectivity index (χ0n) is 6.82. The number of anilines is 1. The van der Waals surface area contributed by atoms with Crippen molar-refractivity contribution >= 4 is 11.7 Å². The van der Waals surface area contributed by atoms with Crippen molar-refractivity contribution in [2.45, 2.75) is 0 Å². The van der Waals surface area contributed by atoms with Gasteiger partial charge in [0.2, 0.25) is 5.91 Å². The van der Waals surface area contributed by atoms with Crippen LogP contribution in [0.4, 0.5) is 5.82 Å². The summed E-state index contributed by atoms with van der Waals surface area (Å²) in [6, 6.07) is 5.16. The maximum absolute atomic E-state index is 10.4. The summed E-state index contributed by atoms with van der Waals surface area (Å²) in [5.41, 5.74) is 5.39. The number of nitrogens with one attached hydrogen (secondary N) is 1. The number of aromatic nitrogens is 1. The summed E-state index contributed by atoms with van der Waals surface area (Å²) in [6.07, 6.45) is 1.42. The number of nitrogens with zero attached hydrogens (tertiary/aromatic N) is 2. The van der Waals surface area contributed by atoms with Crippen LogP contribution in [-0.4, -0.2) is 17.4 Å². The molecule has 3 N–H and O–H groups in total. The lowest BCUT2D eigenvalue weighted by Gasteiger charge is -2.01. The van der Waals surface area contributed by atoms with E-state index in [1.165, 1.54) is 6.20 Å². The monoisotopic (exact) mass is 176 g/mol. The van der Waals surface area contributed by atoms with Crippen LogP contribution in [0.2, 0.25) is 0 Å². The minimum Gasteiger partial charge on any atom is -0.368 e. The number of carbonyl (C=O) groups is 1. The molecule has 0 aromatic carbocycles. The third kappa shape index (κ3) is 2.79. The number of pyridine rings is 1. The largest absolute Gasteiger partial charge is 0.368 e. The van der Waals surface area contributed by atoms with Crippen molar-refractivity contribution in [1.29, 1.82) is 5.26 Å². The quantitative estimate of drug-likeness (QED) is 0.669. The van der Waals surface area contributed by atoms with E-state index in [2.05, 4.69) is 10.3 Å². The van der Waals surface area contributed by atoms with E-state index in [0.717, 1.165) is 0 Å². The van der Waals surface area contributed by atoms with Gasteiger partial charge in [-0.3, -0.25) is 4.79 Å². The molecule has 0 aliphatic rings. The van der Waals surface area contributed by atoms with Gasteiger partial charge in [0.15, 0.2) is 0 Å². The fraction of sp³-hybridized carbons (Fsp3) is 0.125. The van der Waals surface area contributed by atoms with Crippen LogP contribution in [0, 0.1) is 11.3 Å². The molecule has 66 valence electrons. The number of hydrogen-bond donors (Lipinski definition) is 2. The molecule has 1 aromatic heterocycles. The molecule has 0 bridgehead atoms. The van der Waals surface area contributed by atoms with E-state index in [4.69, 9.17) is 11.0 Å². The molecule has 1 heterocycles. The Kier molecular flexibility index (Phi) is 2.82. The Labute approximate surface area is 75.2 Å². The molecule has 0 unspecified atom stereocenters. The molecule has 13 heavy (non-hydrogen) atoms. The zero-order chi connectivity index (χ0) is 9.68. The number of nitriles is 1. The third-order valence-electron chi connectivity index (χ3n) is 1.34. The second kappa shape index (κ2) is 4.07. The van der Waals surface area contributed by atoms with Gasteiger partial charge in [0.1, 0.15) is 11.9 Å². The van der Waals surface area contributed by atoms with E-state index in [1.54, 1.807) is 12.1 Å². The van der Waals surface area contributed by atoms with Crippen molar-refractivity contribution in [2.24, 2.45) is 5.73 Å². The normalized spacial score (nSPS) is 8.85. The lowest BCUT2D eigenvalue weighted by Crippen LogP contribution is -2.22. The van der Waals surface area contributed by atoms with E-state index in [9.17, 15) is 4.79 Å². The summed E-state index contributed by atoms with van der Waals surface area (Å²) in [4.78, 5) is 14.3. The van der Waals surface area contributed by atoms with Crippen LogP contribution in [0.5, 0.6) is 0 Å². The summed E-state index contributed by atoms with van der Waals surface area (Å²) in [7, 11) is 0. The van der Waals surface area contributed by atoms with Gasteiger partial charge in [0.05, 0.1) is 12.1 Å². The van der Waals surface area contributed by atoms with Crippen LogP contribution in [0.25, 0.3) is 0 Å². The highest BCUT2D eigenvalue weighted by Gasteiger charge is 1.96. The van der Waals surface area contributed by atoms with Gasteiger partial charge in [-0.05, 0) is 12.1 Å². The van der Waals surface area contributed by atoms with Crippen LogP contribution in [0.3, 0.4) is 0 Å². The SMILES string of the molecule is N#Cc1ccc(NCC(N)=O)nc1.